The second-order valence-corrected chi connectivity index (χ2v) is 12.1. The molecule has 2 saturated carbocycles. The quantitative estimate of drug-likeness (QED) is 0.198. The van der Waals surface area contributed by atoms with Crippen molar-refractivity contribution in [3.63, 3.8) is 0 Å². The molecular formula is C37H89N5. The Morgan fingerprint density at radius 1 is 0.619 bits per heavy atom. The molecule has 0 radical (unpaired) electrons. The van der Waals surface area contributed by atoms with Crippen molar-refractivity contribution < 1.29 is 0 Å². The van der Waals surface area contributed by atoms with Crippen LogP contribution in [-0.2, 0) is 0 Å². The van der Waals surface area contributed by atoms with E-state index in [0.29, 0.717) is 0 Å². The molecular weight excluding hydrogens is 514 g/mol. The highest BCUT2D eigenvalue weighted by Crippen LogP contribution is 2.27. The van der Waals surface area contributed by atoms with Gasteiger partial charge in [0.15, 0.2) is 0 Å². The second kappa shape index (κ2) is 35.3. The topological polar surface area (TPSA) is 51.4 Å². The minimum Gasteiger partial charge on any atom is -0.319 e. The van der Waals surface area contributed by atoms with Gasteiger partial charge in [-0.15, -0.1) is 0 Å². The molecule has 2 bridgehead atoms. The first kappa shape index (κ1) is 51.4. The summed E-state index contributed by atoms with van der Waals surface area (Å²) in [5.74, 6) is 1.97. The summed E-state index contributed by atoms with van der Waals surface area (Å²) in [6.45, 7) is 9.70. The third kappa shape index (κ3) is 24.2. The van der Waals surface area contributed by atoms with E-state index < -0.39 is 0 Å². The Labute approximate surface area is 270 Å². The first-order chi connectivity index (χ1) is 18.1. The van der Waals surface area contributed by atoms with Crippen molar-refractivity contribution in [1.29, 1.82) is 0 Å². The lowest BCUT2D eigenvalue weighted by molar-refractivity contribution is 0.0764. The van der Waals surface area contributed by atoms with E-state index in [0.717, 1.165) is 30.0 Å². The molecule has 5 heteroatoms. The highest BCUT2D eigenvalue weighted by atomic mass is 15.2. The average molecular weight is 604 g/mol. The van der Waals surface area contributed by atoms with E-state index in [1.807, 2.05) is 0 Å². The molecule has 3 saturated heterocycles. The van der Waals surface area contributed by atoms with Gasteiger partial charge in [0, 0.05) is 24.7 Å². The van der Waals surface area contributed by atoms with Crippen molar-refractivity contribution in [2.24, 2.45) is 11.8 Å². The molecule has 262 valence electrons. The zero-order valence-electron chi connectivity index (χ0n) is 26.2. The van der Waals surface area contributed by atoms with Gasteiger partial charge >= 0.3 is 0 Å². The van der Waals surface area contributed by atoms with E-state index in [1.165, 1.54) is 135 Å². The fraction of sp³-hybridized carbons (Fsp3) is 1.00. The van der Waals surface area contributed by atoms with Gasteiger partial charge in [-0.2, -0.15) is 0 Å². The largest absolute Gasteiger partial charge is 0.319 e. The van der Waals surface area contributed by atoms with Gasteiger partial charge in [0.05, 0.1) is 0 Å². The second-order valence-electron chi connectivity index (χ2n) is 12.1. The maximum Gasteiger partial charge on any atom is 0.0221 e. The normalized spacial score (nSPS) is 23.1. The van der Waals surface area contributed by atoms with E-state index in [-0.39, 0.29) is 37.1 Å². The van der Waals surface area contributed by atoms with E-state index in [2.05, 4.69) is 68.2 Å². The van der Waals surface area contributed by atoms with Crippen molar-refractivity contribution >= 4 is 0 Å². The summed E-state index contributed by atoms with van der Waals surface area (Å²) in [6, 6.07) is 2.38. The van der Waals surface area contributed by atoms with Crippen LogP contribution < -0.4 is 21.3 Å². The summed E-state index contributed by atoms with van der Waals surface area (Å²) in [5, 5.41) is 13.3. The van der Waals surface area contributed by atoms with E-state index in [4.69, 9.17) is 0 Å². The van der Waals surface area contributed by atoms with Gasteiger partial charge < -0.3 is 26.2 Å². The van der Waals surface area contributed by atoms with Crippen LogP contribution in [0.3, 0.4) is 0 Å². The van der Waals surface area contributed by atoms with Gasteiger partial charge in [-0.1, -0.05) is 109 Å². The monoisotopic (exact) mass is 604 g/mol. The molecule has 3 heterocycles. The van der Waals surface area contributed by atoms with Crippen molar-refractivity contribution in [2.75, 3.05) is 54.4 Å². The smallest absolute Gasteiger partial charge is 0.0221 e. The Morgan fingerprint density at radius 3 is 1.43 bits per heavy atom. The van der Waals surface area contributed by atoms with Crippen LogP contribution in [0.25, 0.3) is 0 Å². The Kier molecular flexibility index (Phi) is 43.2. The van der Waals surface area contributed by atoms with Crippen LogP contribution in [-0.4, -0.2) is 77.4 Å². The number of hydrogen-bond donors (Lipinski definition) is 4. The highest BCUT2D eigenvalue weighted by Gasteiger charge is 2.32. The first-order valence-electron chi connectivity index (χ1n) is 16.5. The van der Waals surface area contributed by atoms with Crippen molar-refractivity contribution in [1.82, 2.24) is 26.2 Å². The van der Waals surface area contributed by atoms with Gasteiger partial charge in [-0.3, -0.25) is 0 Å². The molecule has 4 N–H and O–H groups in total. The van der Waals surface area contributed by atoms with Gasteiger partial charge in [-0.05, 0) is 111 Å². The van der Waals surface area contributed by atoms with E-state index in [9.17, 15) is 0 Å². The van der Waals surface area contributed by atoms with E-state index in [1.54, 1.807) is 0 Å². The zero-order chi connectivity index (χ0) is 27.1. The molecule has 5 rings (SSSR count). The molecule has 5 aliphatic rings. The summed E-state index contributed by atoms with van der Waals surface area (Å²) in [6.07, 6.45) is 24.0. The van der Waals surface area contributed by atoms with Gasteiger partial charge in [0.25, 0.3) is 0 Å². The minimum absolute atomic E-state index is 0. The predicted molar refractivity (Wildman–Crippen MR) is 199 cm³/mol. The minimum atomic E-state index is 0. The standard InChI is InChI=1S/C8H16N2.2C8H17N.C8H19N.5CH4/c1-9-8-6-10-4-2-7(8)3-5-10;1-9-7-8-5-3-2-4-6-8;1-9-8-6-4-2-3-5-7-8;1-4-6-8(9-3)7-5-2;;;;;/h7-9H,2-6H2,1H3;2*8-9H,2-7H2,1H3;8-9H,4-7H2,1-3H3;5*1H4. The zero-order valence-corrected chi connectivity index (χ0v) is 26.2. The van der Waals surface area contributed by atoms with Crippen LogP contribution in [0.4, 0.5) is 0 Å². The Hall–Kier alpha value is -0.200. The molecule has 5 nitrogen and oxygen atoms in total. The SMILES string of the molecule is C.C.C.C.C.CCCC(CCC)NC.CNC1CCCCCC1.CNC1CN2CCC1CC2.CNCC1CCCCC1. The number of hydrogen-bond acceptors (Lipinski definition) is 5. The van der Waals surface area contributed by atoms with Crippen LogP contribution >= 0.6 is 0 Å². The van der Waals surface area contributed by atoms with Crippen LogP contribution in [0, 0.1) is 11.8 Å². The lowest BCUT2D eigenvalue weighted by Crippen LogP contribution is -2.55. The molecule has 0 aromatic carbocycles. The fourth-order valence-corrected chi connectivity index (χ4v) is 6.67. The number of fused-ring (bicyclic) bond motifs is 3. The Bertz CT molecular complexity index is 447. The number of rotatable bonds is 9. The first-order valence-corrected chi connectivity index (χ1v) is 16.5. The van der Waals surface area contributed by atoms with Crippen LogP contribution in [0.2, 0.25) is 0 Å². The van der Waals surface area contributed by atoms with Gasteiger partial charge in [0.2, 0.25) is 0 Å². The number of nitrogens with one attached hydrogen (secondary N) is 4. The maximum absolute atomic E-state index is 3.39. The molecule has 0 amide bonds. The van der Waals surface area contributed by atoms with Crippen molar-refractivity contribution in [3.8, 4) is 0 Å². The van der Waals surface area contributed by atoms with Crippen molar-refractivity contribution in [2.45, 2.75) is 178 Å². The Morgan fingerprint density at radius 2 is 1.10 bits per heavy atom. The molecule has 2 aliphatic carbocycles. The lowest BCUT2D eigenvalue weighted by atomic mass is 9.84. The summed E-state index contributed by atoms with van der Waals surface area (Å²) in [7, 11) is 8.27. The summed E-state index contributed by atoms with van der Waals surface area (Å²) >= 11 is 0. The molecule has 5 fully saturated rings. The summed E-state index contributed by atoms with van der Waals surface area (Å²) in [4.78, 5) is 2.57. The predicted octanol–water partition coefficient (Wildman–Crippen LogP) is 9.37. The van der Waals surface area contributed by atoms with Gasteiger partial charge in [-0.25, -0.2) is 0 Å². The number of likely N-dealkylation sites (N-methyl/N-ethyl adjacent to an activating group) is 1. The lowest BCUT2D eigenvalue weighted by Gasteiger charge is -2.44. The average Bonchev–Trinajstić information content (AvgIpc) is 3.24. The molecule has 0 spiro atoms. The molecule has 1 atom stereocenters. The Balaban J connectivity index is -0.000000140. The van der Waals surface area contributed by atoms with Gasteiger partial charge in [0.1, 0.15) is 0 Å². The number of piperidine rings is 3. The van der Waals surface area contributed by atoms with Crippen molar-refractivity contribution in [3.05, 3.63) is 0 Å². The molecule has 3 aliphatic heterocycles. The summed E-state index contributed by atoms with van der Waals surface area (Å²) < 4.78 is 0. The van der Waals surface area contributed by atoms with Crippen LogP contribution in [0.1, 0.15) is 160 Å². The molecule has 42 heavy (non-hydrogen) atoms. The third-order valence-electron chi connectivity index (χ3n) is 9.19. The summed E-state index contributed by atoms with van der Waals surface area (Å²) in [5.41, 5.74) is 0. The number of nitrogens with zero attached hydrogens (tertiary/aromatic N) is 1. The maximum atomic E-state index is 3.39. The molecule has 0 aromatic heterocycles. The third-order valence-corrected chi connectivity index (χ3v) is 9.19. The molecule has 1 unspecified atom stereocenters. The fourth-order valence-electron chi connectivity index (χ4n) is 6.67. The van der Waals surface area contributed by atoms with Crippen LogP contribution in [0.5, 0.6) is 0 Å². The van der Waals surface area contributed by atoms with E-state index >= 15 is 0 Å². The molecule has 0 aromatic rings. The van der Waals surface area contributed by atoms with Crippen LogP contribution in [0.15, 0.2) is 0 Å². The highest BCUT2D eigenvalue weighted by molar-refractivity contribution is 4.89.